The Morgan fingerprint density at radius 3 is 2.59 bits per heavy atom. The van der Waals surface area contributed by atoms with Gasteiger partial charge in [0.15, 0.2) is 5.78 Å². The number of Topliss-reactive ketones (excluding diaryl/α,β-unsaturated/α-hetero) is 1. The van der Waals surface area contributed by atoms with Gasteiger partial charge in [0.1, 0.15) is 6.10 Å². The number of hydrogen-bond acceptors (Lipinski definition) is 9. The SMILES string of the molecule is C=C1C(=O)C(C)(C)C(O)CC(=O)NC(/C(C)=C/c2csc(C)n2)CC2O[C@]2(C)CCCC(C)C1OS(=O)(=O)O. The van der Waals surface area contributed by atoms with Crippen LogP contribution in [-0.4, -0.2) is 64.7 Å². The Balaban J connectivity index is 1.91. The molecule has 0 bridgehead atoms. The molecule has 12 heteroatoms. The maximum atomic E-state index is 13.4. The molecule has 0 aromatic carbocycles. The number of aromatic nitrogens is 1. The summed E-state index contributed by atoms with van der Waals surface area (Å²) in [5.41, 5.74) is -0.409. The maximum Gasteiger partial charge on any atom is 0.397 e. The summed E-state index contributed by atoms with van der Waals surface area (Å²) in [5, 5.41) is 16.9. The average molecular weight is 585 g/mol. The monoisotopic (exact) mass is 584 g/mol. The van der Waals surface area contributed by atoms with Gasteiger partial charge < -0.3 is 15.2 Å². The van der Waals surface area contributed by atoms with Gasteiger partial charge in [-0.05, 0) is 51.2 Å². The Kier molecular flexibility index (Phi) is 9.61. The zero-order chi connectivity index (χ0) is 29.3. The van der Waals surface area contributed by atoms with E-state index in [4.69, 9.17) is 8.92 Å². The Hall–Kier alpha value is -1.96. The predicted octanol–water partition coefficient (Wildman–Crippen LogP) is 3.80. The number of rotatable bonds is 4. The number of epoxide rings is 1. The molecule has 3 N–H and O–H groups in total. The van der Waals surface area contributed by atoms with Gasteiger partial charge in [-0.25, -0.2) is 9.17 Å². The van der Waals surface area contributed by atoms with E-state index in [1.807, 2.05) is 32.2 Å². The Labute approximate surface area is 234 Å². The molecule has 0 radical (unpaired) electrons. The van der Waals surface area contributed by atoms with Crippen molar-refractivity contribution < 1.29 is 36.6 Å². The summed E-state index contributed by atoms with van der Waals surface area (Å²) < 4.78 is 43.5. The van der Waals surface area contributed by atoms with Crippen LogP contribution in [0.5, 0.6) is 0 Å². The van der Waals surface area contributed by atoms with Crippen LogP contribution in [-0.2, 0) is 28.9 Å². The van der Waals surface area contributed by atoms with Crippen LogP contribution < -0.4 is 5.32 Å². The van der Waals surface area contributed by atoms with Gasteiger partial charge >= 0.3 is 10.4 Å². The largest absolute Gasteiger partial charge is 0.397 e. The molecule has 2 fully saturated rings. The molecule has 3 rings (SSSR count). The first-order chi connectivity index (χ1) is 17.9. The standard InChI is InChI=1S/C27H40N2O8S2/c1-15-9-8-10-27(7)22(36-27)12-20(16(2)11-19-14-38-18(4)28-19)29-23(31)13-21(30)26(5,6)25(32)17(3)24(15)37-39(33,34)35/h11,14-15,20-22,24,30H,3,8-10,12-13H2,1-2,4-7H3,(H,29,31)(H,33,34,35)/b16-11+/t15?,20?,21?,22?,24?,27-/m1/s1. The molecule has 10 nitrogen and oxygen atoms in total. The highest BCUT2D eigenvalue weighted by Gasteiger charge is 2.52. The minimum absolute atomic E-state index is 0.116. The number of carbonyl (C=O) groups is 2. The van der Waals surface area contributed by atoms with Crippen molar-refractivity contribution in [3.63, 3.8) is 0 Å². The van der Waals surface area contributed by atoms with Crippen molar-refractivity contribution in [3.05, 3.63) is 33.8 Å². The summed E-state index contributed by atoms with van der Waals surface area (Å²) in [7, 11) is -4.89. The van der Waals surface area contributed by atoms with Gasteiger partial charge in [0.25, 0.3) is 0 Å². The van der Waals surface area contributed by atoms with E-state index in [2.05, 4.69) is 16.9 Å². The highest BCUT2D eigenvalue weighted by atomic mass is 32.3. The van der Waals surface area contributed by atoms with E-state index >= 15 is 0 Å². The lowest BCUT2D eigenvalue weighted by atomic mass is 9.75. The Bertz CT molecular complexity index is 1240. The second kappa shape index (κ2) is 11.9. The van der Waals surface area contributed by atoms with Crippen LogP contribution in [0, 0.1) is 18.3 Å². The first kappa shape index (κ1) is 31.6. The Morgan fingerprint density at radius 1 is 1.33 bits per heavy atom. The maximum absolute atomic E-state index is 13.4. The van der Waals surface area contributed by atoms with Crippen molar-refractivity contribution in [2.45, 2.75) is 104 Å². The summed E-state index contributed by atoms with van der Waals surface area (Å²) >= 11 is 1.54. The van der Waals surface area contributed by atoms with Gasteiger partial charge in [0, 0.05) is 17.4 Å². The van der Waals surface area contributed by atoms with E-state index in [0.29, 0.717) is 25.7 Å². The predicted molar refractivity (Wildman–Crippen MR) is 148 cm³/mol. The van der Waals surface area contributed by atoms with E-state index in [9.17, 15) is 27.7 Å². The number of thiazole rings is 1. The summed E-state index contributed by atoms with van der Waals surface area (Å²) in [5.74, 6) is -1.60. The van der Waals surface area contributed by atoms with Crippen LogP contribution in [0.3, 0.4) is 0 Å². The van der Waals surface area contributed by atoms with Crippen LogP contribution in [0.2, 0.25) is 0 Å². The van der Waals surface area contributed by atoms with E-state index in [1.165, 1.54) is 25.2 Å². The summed E-state index contributed by atoms with van der Waals surface area (Å²) in [4.78, 5) is 31.0. The zero-order valence-corrected chi connectivity index (χ0v) is 25.0. The Morgan fingerprint density at radius 2 is 2.00 bits per heavy atom. The van der Waals surface area contributed by atoms with Crippen LogP contribution in [0.25, 0.3) is 6.08 Å². The van der Waals surface area contributed by atoms with Crippen LogP contribution in [0.15, 0.2) is 23.1 Å². The van der Waals surface area contributed by atoms with Crippen molar-refractivity contribution >= 4 is 39.5 Å². The summed E-state index contributed by atoms with van der Waals surface area (Å²) in [6, 6.07) is -0.369. The quantitative estimate of drug-likeness (QED) is 0.272. The second-order valence-corrected chi connectivity index (χ2v) is 13.7. The number of amides is 1. The molecular formula is C27H40N2O8S2. The number of aryl methyl sites for hydroxylation is 1. The van der Waals surface area contributed by atoms with Crippen LogP contribution >= 0.6 is 11.3 Å². The lowest BCUT2D eigenvalue weighted by Gasteiger charge is -2.33. The zero-order valence-electron chi connectivity index (χ0n) is 23.4. The molecule has 0 aliphatic carbocycles. The van der Waals surface area contributed by atoms with E-state index in [-0.39, 0.29) is 24.1 Å². The van der Waals surface area contributed by atoms with Crippen molar-refractivity contribution in [2.24, 2.45) is 11.3 Å². The van der Waals surface area contributed by atoms with Gasteiger partial charge in [-0.15, -0.1) is 11.3 Å². The second-order valence-electron chi connectivity index (χ2n) is 11.6. The number of nitrogens with zero attached hydrogens (tertiary/aromatic N) is 1. The van der Waals surface area contributed by atoms with E-state index in [0.717, 1.165) is 16.3 Å². The molecule has 0 saturated carbocycles. The van der Waals surface area contributed by atoms with Crippen molar-refractivity contribution in [3.8, 4) is 0 Å². The van der Waals surface area contributed by atoms with E-state index < -0.39 is 51.2 Å². The number of carbonyl (C=O) groups excluding carboxylic acids is 2. The first-order valence-electron chi connectivity index (χ1n) is 13.1. The molecular weight excluding hydrogens is 544 g/mol. The molecule has 2 aliphatic rings. The highest BCUT2D eigenvalue weighted by molar-refractivity contribution is 7.80. The number of ketones is 1. The molecule has 39 heavy (non-hydrogen) atoms. The normalized spacial score (nSPS) is 33.4. The molecule has 1 aromatic heterocycles. The van der Waals surface area contributed by atoms with Gasteiger partial charge in [0.2, 0.25) is 5.91 Å². The van der Waals surface area contributed by atoms with Gasteiger partial charge in [-0.3, -0.25) is 14.1 Å². The number of nitrogens with one attached hydrogen (secondary N) is 1. The average Bonchev–Trinajstić information content (AvgIpc) is 3.26. The molecule has 5 unspecified atom stereocenters. The number of fused-ring (bicyclic) bond motifs is 1. The van der Waals surface area contributed by atoms with Crippen molar-refractivity contribution in [1.82, 2.24) is 10.3 Å². The first-order valence-corrected chi connectivity index (χ1v) is 15.3. The van der Waals surface area contributed by atoms with Gasteiger partial charge in [0.05, 0.1) is 46.4 Å². The molecule has 3 heterocycles. The van der Waals surface area contributed by atoms with Crippen molar-refractivity contribution in [2.75, 3.05) is 0 Å². The lowest BCUT2D eigenvalue weighted by Crippen LogP contribution is -2.45. The third-order valence-corrected chi connectivity index (χ3v) is 9.13. The van der Waals surface area contributed by atoms with Crippen LogP contribution in [0.1, 0.15) is 77.4 Å². The summed E-state index contributed by atoms with van der Waals surface area (Å²) in [6.45, 7) is 14.3. The smallest absolute Gasteiger partial charge is 0.392 e. The van der Waals surface area contributed by atoms with Gasteiger partial charge in [-0.2, -0.15) is 8.42 Å². The number of aliphatic hydroxyl groups excluding tert-OH is 1. The number of hydrogen-bond donors (Lipinski definition) is 3. The minimum Gasteiger partial charge on any atom is -0.392 e. The number of aliphatic hydroxyl groups is 1. The fourth-order valence-corrected chi connectivity index (χ4v) is 6.23. The molecule has 0 spiro atoms. The molecule has 6 atom stereocenters. The fourth-order valence-electron chi connectivity index (χ4n) is 5.09. The molecule has 2 saturated heterocycles. The molecule has 1 amide bonds. The summed E-state index contributed by atoms with van der Waals surface area (Å²) in [6.07, 6.45) is 1.02. The minimum atomic E-state index is -4.89. The fraction of sp³-hybridized carbons (Fsp3) is 0.667. The topological polar surface area (TPSA) is 155 Å². The third-order valence-electron chi connectivity index (χ3n) is 7.89. The van der Waals surface area contributed by atoms with Crippen LogP contribution in [0.4, 0.5) is 0 Å². The lowest BCUT2D eigenvalue weighted by molar-refractivity contribution is -0.133. The van der Waals surface area contributed by atoms with Crippen molar-refractivity contribution in [1.29, 1.82) is 0 Å². The molecule has 1 aromatic rings. The highest BCUT2D eigenvalue weighted by Crippen LogP contribution is 2.44. The number of ether oxygens (including phenoxy) is 1. The third kappa shape index (κ3) is 8.05. The van der Waals surface area contributed by atoms with E-state index in [1.54, 1.807) is 6.92 Å². The molecule has 218 valence electrons. The van der Waals surface area contributed by atoms with Gasteiger partial charge in [-0.1, -0.05) is 33.8 Å². The molecule has 2 aliphatic heterocycles.